The van der Waals surface area contributed by atoms with Crippen molar-refractivity contribution < 1.29 is 14.7 Å². The van der Waals surface area contributed by atoms with Crippen LogP contribution in [0.5, 0.6) is 0 Å². The van der Waals surface area contributed by atoms with E-state index in [4.69, 9.17) is 0 Å². The van der Waals surface area contributed by atoms with Crippen LogP contribution in [0.15, 0.2) is 0 Å². The molecule has 0 saturated carbocycles. The summed E-state index contributed by atoms with van der Waals surface area (Å²) in [7, 11) is 0. The molecule has 0 spiro atoms. The van der Waals surface area contributed by atoms with E-state index in [1.807, 2.05) is 0 Å². The van der Waals surface area contributed by atoms with E-state index in [0.29, 0.717) is 11.6 Å². The van der Waals surface area contributed by atoms with Gasteiger partial charge < -0.3 is 0 Å². The van der Waals surface area contributed by atoms with Crippen molar-refractivity contribution in [1.82, 2.24) is 5.17 Å². The minimum absolute atomic E-state index is 0.104. The fourth-order valence-electron chi connectivity index (χ4n) is 0.500. The molecular weight excluding hydrogens is 152 g/mol. The van der Waals surface area contributed by atoms with Gasteiger partial charge in [0.15, 0.2) is 5.03 Å². The van der Waals surface area contributed by atoms with Gasteiger partial charge in [0.1, 0.15) is 6.54 Å². The van der Waals surface area contributed by atoms with E-state index in [1.54, 1.807) is 6.92 Å². The van der Waals surface area contributed by atoms with Gasteiger partial charge in [-0.15, -0.1) is 0 Å². The molecule has 0 heterocycles. The minimum Gasteiger partial charge on any atom is -0.289 e. The smallest absolute Gasteiger partial charge is 0.289 e. The predicted octanol–water partition coefficient (Wildman–Crippen LogP) is 0.368. The average molecular weight is 162 g/mol. The molecule has 0 fully saturated rings. The van der Waals surface area contributed by atoms with Crippen LogP contribution in [0.1, 0.15) is 20.3 Å². The van der Waals surface area contributed by atoms with E-state index in [1.165, 1.54) is 0 Å². The van der Waals surface area contributed by atoms with Crippen LogP contribution in [-0.2, 0) is 9.63 Å². The lowest BCUT2D eigenvalue weighted by molar-refractivity contribution is -0.723. The highest BCUT2D eigenvalue weighted by Crippen LogP contribution is 1.93. The molecule has 0 aromatic rings. The minimum atomic E-state index is -0.759. The summed E-state index contributed by atoms with van der Waals surface area (Å²) in [5.41, 5.74) is 0. The predicted molar refractivity (Wildman–Crippen MR) is 35.8 cm³/mol. The van der Waals surface area contributed by atoms with E-state index in [2.05, 4.69) is 4.84 Å². The fraction of sp³-hybridized carbons (Fsp3) is 0.800. The second-order valence-corrected chi connectivity index (χ2v) is 1.90. The van der Waals surface area contributed by atoms with Crippen LogP contribution in [0.3, 0.4) is 0 Å². The SMILES string of the molecule is CCCN(OC(C)=O)[N+](=O)[O-]. The zero-order chi connectivity index (χ0) is 8.85. The van der Waals surface area contributed by atoms with Crippen molar-refractivity contribution in [2.45, 2.75) is 20.3 Å². The Bertz CT molecular complexity index is 159. The molecule has 0 radical (unpaired) electrons. The lowest BCUT2D eigenvalue weighted by atomic mass is 10.5. The Morgan fingerprint density at radius 3 is 2.55 bits per heavy atom. The molecule has 6 heteroatoms. The van der Waals surface area contributed by atoms with Crippen LogP contribution in [0, 0.1) is 10.1 Å². The van der Waals surface area contributed by atoms with E-state index in [-0.39, 0.29) is 6.54 Å². The monoisotopic (exact) mass is 162 g/mol. The Morgan fingerprint density at radius 2 is 2.27 bits per heavy atom. The number of hydrogen-bond donors (Lipinski definition) is 0. The van der Waals surface area contributed by atoms with Crippen LogP contribution in [0.2, 0.25) is 0 Å². The van der Waals surface area contributed by atoms with E-state index >= 15 is 0 Å². The highest BCUT2D eigenvalue weighted by molar-refractivity contribution is 5.65. The quantitative estimate of drug-likeness (QED) is 0.441. The molecule has 0 bridgehead atoms. The molecule has 0 aromatic carbocycles. The summed E-state index contributed by atoms with van der Waals surface area (Å²) in [6.07, 6.45) is 0.550. The van der Waals surface area contributed by atoms with Crippen molar-refractivity contribution in [2.24, 2.45) is 0 Å². The molecule has 0 aliphatic rings. The Hall–Kier alpha value is -1.33. The second kappa shape index (κ2) is 4.48. The molecular formula is C5H10N2O4. The van der Waals surface area contributed by atoms with Crippen LogP contribution in [0.4, 0.5) is 0 Å². The first-order chi connectivity index (χ1) is 5.07. The van der Waals surface area contributed by atoms with Crippen molar-refractivity contribution in [1.29, 1.82) is 0 Å². The van der Waals surface area contributed by atoms with Gasteiger partial charge >= 0.3 is 5.97 Å². The zero-order valence-electron chi connectivity index (χ0n) is 6.44. The molecule has 0 aliphatic heterocycles. The maximum absolute atomic E-state index is 10.3. The van der Waals surface area contributed by atoms with Gasteiger partial charge in [-0.25, -0.2) is 14.9 Å². The van der Waals surface area contributed by atoms with E-state index in [0.717, 1.165) is 6.92 Å². The first-order valence-corrected chi connectivity index (χ1v) is 3.18. The molecule has 0 aromatic heterocycles. The van der Waals surface area contributed by atoms with Crippen LogP contribution in [0.25, 0.3) is 0 Å². The standard InChI is InChI=1S/C5H10N2O4/c1-3-4-6(7(9)10)11-5(2)8/h3-4H2,1-2H3. The molecule has 0 saturated heterocycles. The maximum atomic E-state index is 10.3. The molecule has 6 nitrogen and oxygen atoms in total. The second-order valence-electron chi connectivity index (χ2n) is 1.90. The Labute approximate surface area is 63.8 Å². The van der Waals surface area contributed by atoms with Gasteiger partial charge in [0.05, 0.1) is 5.17 Å². The normalized spacial score (nSPS) is 8.91. The average Bonchev–Trinajstić information content (AvgIpc) is 1.86. The zero-order valence-corrected chi connectivity index (χ0v) is 6.44. The van der Waals surface area contributed by atoms with Crippen LogP contribution >= 0.6 is 0 Å². The van der Waals surface area contributed by atoms with Crippen molar-refractivity contribution in [2.75, 3.05) is 6.54 Å². The third kappa shape index (κ3) is 4.12. The highest BCUT2D eigenvalue weighted by atomic mass is 16.8. The van der Waals surface area contributed by atoms with Crippen molar-refractivity contribution >= 4 is 5.97 Å². The third-order valence-corrected chi connectivity index (χ3v) is 0.831. The van der Waals surface area contributed by atoms with E-state index < -0.39 is 11.0 Å². The lowest BCUT2D eigenvalue weighted by Crippen LogP contribution is -2.32. The van der Waals surface area contributed by atoms with Gasteiger partial charge in [-0.2, -0.15) is 0 Å². The molecule has 0 aliphatic carbocycles. The summed E-state index contributed by atoms with van der Waals surface area (Å²) in [5.74, 6) is -0.685. The van der Waals surface area contributed by atoms with Gasteiger partial charge in [0.25, 0.3) is 0 Å². The molecule has 0 unspecified atom stereocenters. The number of carbonyl (C=O) groups is 1. The summed E-state index contributed by atoms with van der Waals surface area (Å²) in [6, 6.07) is 0. The number of nitro groups is 1. The van der Waals surface area contributed by atoms with Crippen LogP contribution in [-0.4, -0.2) is 22.7 Å². The molecule has 0 atom stereocenters. The molecule has 0 N–H and O–H groups in total. The lowest BCUT2D eigenvalue weighted by Gasteiger charge is -2.09. The van der Waals surface area contributed by atoms with Crippen molar-refractivity contribution in [3.05, 3.63) is 10.1 Å². The molecule has 64 valence electrons. The number of rotatable bonds is 4. The highest BCUT2D eigenvalue weighted by Gasteiger charge is 2.15. The summed E-state index contributed by atoms with van der Waals surface area (Å²) in [4.78, 5) is 24.6. The summed E-state index contributed by atoms with van der Waals surface area (Å²) < 4.78 is 0. The molecule has 0 amide bonds. The van der Waals surface area contributed by atoms with Crippen molar-refractivity contribution in [3.8, 4) is 0 Å². The van der Waals surface area contributed by atoms with E-state index in [9.17, 15) is 14.9 Å². The van der Waals surface area contributed by atoms with Crippen LogP contribution < -0.4 is 0 Å². The molecule has 0 rings (SSSR count). The number of nitrogens with zero attached hydrogens (tertiary/aromatic N) is 2. The van der Waals surface area contributed by atoms with Gasteiger partial charge in [-0.3, -0.25) is 4.84 Å². The third-order valence-electron chi connectivity index (χ3n) is 0.831. The van der Waals surface area contributed by atoms with Gasteiger partial charge in [-0.1, -0.05) is 6.92 Å². The number of hydroxylamine groups is 1. The van der Waals surface area contributed by atoms with Crippen molar-refractivity contribution in [3.63, 3.8) is 0 Å². The maximum Gasteiger partial charge on any atom is 0.335 e. The number of hydrogen-bond acceptors (Lipinski definition) is 4. The summed E-state index contributed by atoms with van der Waals surface area (Å²) in [6.45, 7) is 2.97. The topological polar surface area (TPSA) is 72.7 Å². The van der Waals surface area contributed by atoms with Gasteiger partial charge in [0.2, 0.25) is 0 Å². The number of carbonyl (C=O) groups excluding carboxylic acids is 1. The summed E-state index contributed by atoms with van der Waals surface area (Å²) >= 11 is 0. The number of hydrazine groups is 1. The van der Waals surface area contributed by atoms with Gasteiger partial charge in [-0.05, 0) is 6.42 Å². The Kier molecular flexibility index (Phi) is 3.94. The Morgan fingerprint density at radius 1 is 1.73 bits per heavy atom. The molecule has 11 heavy (non-hydrogen) atoms. The fourth-order valence-corrected chi connectivity index (χ4v) is 0.500. The van der Waals surface area contributed by atoms with Gasteiger partial charge in [0, 0.05) is 6.92 Å². The first-order valence-electron chi connectivity index (χ1n) is 3.18. The summed E-state index contributed by atoms with van der Waals surface area (Å²) in [5, 5.41) is 9.74. The Balaban J connectivity index is 3.89. The largest absolute Gasteiger partial charge is 0.335 e. The first kappa shape index (κ1) is 9.67.